The fourth-order valence-electron chi connectivity index (χ4n) is 1.81. The lowest BCUT2D eigenvalue weighted by atomic mass is 10.2. The lowest BCUT2D eigenvalue weighted by Crippen LogP contribution is -2.18. The van der Waals surface area contributed by atoms with E-state index in [-0.39, 0.29) is 4.90 Å². The molecule has 4 N–H and O–H groups in total. The summed E-state index contributed by atoms with van der Waals surface area (Å²) in [5.41, 5.74) is 2.27. The van der Waals surface area contributed by atoms with E-state index >= 15 is 0 Å². The van der Waals surface area contributed by atoms with E-state index in [0.29, 0.717) is 6.54 Å². The second-order valence-corrected chi connectivity index (χ2v) is 6.46. The largest absolute Gasteiger partial charge is 0.378 e. The van der Waals surface area contributed by atoms with Crippen LogP contribution in [0, 0.1) is 0 Å². The number of hydrogen-bond donors (Lipinski definition) is 2. The van der Waals surface area contributed by atoms with Gasteiger partial charge in [-0.05, 0) is 23.8 Å². The molecular weight excluding hydrogens is 288 g/mol. The smallest absolute Gasteiger partial charge is 0.272 e. The van der Waals surface area contributed by atoms with E-state index in [2.05, 4.69) is 10.3 Å². The van der Waals surface area contributed by atoms with Crippen molar-refractivity contribution < 1.29 is 13.4 Å². The van der Waals surface area contributed by atoms with Gasteiger partial charge in [0.1, 0.15) is 17.6 Å². The highest BCUT2D eigenvalue weighted by Gasteiger charge is 2.10. The highest BCUT2D eigenvalue weighted by Crippen LogP contribution is 2.13. The second kappa shape index (κ2) is 6.11. The maximum absolute atomic E-state index is 11.1. The second-order valence-electron chi connectivity index (χ2n) is 4.90. The Morgan fingerprint density at radius 1 is 1.14 bits per heavy atom. The number of aromatic nitrogens is 1. The van der Waals surface area contributed by atoms with Crippen LogP contribution in [0.3, 0.4) is 0 Å². The average Bonchev–Trinajstić information content (AvgIpc) is 2.45. The molecule has 0 amide bonds. The van der Waals surface area contributed by atoms with Gasteiger partial charge in [0.05, 0.1) is 0 Å². The molecular formula is C14H19N4O2S+. The molecule has 21 heavy (non-hydrogen) atoms. The highest BCUT2D eigenvalue weighted by atomic mass is 32.2. The first-order chi connectivity index (χ1) is 9.86. The van der Waals surface area contributed by atoms with Gasteiger partial charge in [0.2, 0.25) is 10.0 Å². The maximum Gasteiger partial charge on any atom is 0.272 e. The van der Waals surface area contributed by atoms with Crippen molar-refractivity contribution in [1.82, 2.24) is 0 Å². The van der Waals surface area contributed by atoms with E-state index in [1.165, 1.54) is 12.3 Å². The molecule has 1 aromatic heterocycles. The standard InChI is InChI=1S/C14H18N4O2S/c1-18(2)12-5-3-11(4-6-12)9-16-14-8-7-13(10-17-14)21(15,19)20/h3-8,10H,9H2,1-2H3,(H,16,17)(H2,15,19,20)/p+1. The molecule has 0 spiro atoms. The quantitative estimate of drug-likeness (QED) is 0.856. The van der Waals surface area contributed by atoms with Crippen LogP contribution in [0.2, 0.25) is 0 Å². The number of nitrogens with two attached hydrogens (primary N) is 1. The Balaban J connectivity index is 2.00. The first-order valence-electron chi connectivity index (χ1n) is 6.41. The molecule has 0 aliphatic heterocycles. The van der Waals surface area contributed by atoms with Crippen molar-refractivity contribution in [2.75, 3.05) is 24.3 Å². The fourth-order valence-corrected chi connectivity index (χ4v) is 2.29. The van der Waals surface area contributed by atoms with Crippen LogP contribution >= 0.6 is 0 Å². The van der Waals surface area contributed by atoms with Gasteiger partial charge >= 0.3 is 0 Å². The third-order valence-electron chi connectivity index (χ3n) is 3.05. The highest BCUT2D eigenvalue weighted by molar-refractivity contribution is 7.89. The molecule has 1 heterocycles. The number of nitrogens with zero attached hydrogens (tertiary/aromatic N) is 1. The minimum atomic E-state index is -3.66. The molecule has 0 saturated carbocycles. The number of sulfonamides is 1. The third kappa shape index (κ3) is 4.17. The van der Waals surface area contributed by atoms with Gasteiger partial charge in [0, 0.05) is 25.8 Å². The molecule has 0 fully saturated rings. The van der Waals surface area contributed by atoms with Crippen LogP contribution in [-0.2, 0) is 16.6 Å². The maximum atomic E-state index is 11.1. The van der Waals surface area contributed by atoms with E-state index in [9.17, 15) is 8.42 Å². The molecule has 0 aliphatic rings. The number of benzene rings is 1. The summed E-state index contributed by atoms with van der Waals surface area (Å²) >= 11 is 0. The molecule has 0 atom stereocenters. The number of nitrogens with one attached hydrogen (secondary N) is 2. The van der Waals surface area contributed by atoms with Crippen LogP contribution in [0.1, 0.15) is 5.56 Å². The lowest BCUT2D eigenvalue weighted by molar-refractivity contribution is -0.364. The van der Waals surface area contributed by atoms with E-state index in [4.69, 9.17) is 5.14 Å². The van der Waals surface area contributed by atoms with E-state index in [0.717, 1.165) is 17.1 Å². The topological polar surface area (TPSA) is 89.6 Å². The lowest BCUT2D eigenvalue weighted by Gasteiger charge is -2.12. The van der Waals surface area contributed by atoms with Gasteiger partial charge < -0.3 is 4.90 Å². The van der Waals surface area contributed by atoms with Crippen LogP contribution < -0.4 is 20.3 Å². The van der Waals surface area contributed by atoms with Crippen molar-refractivity contribution in [1.29, 1.82) is 0 Å². The average molecular weight is 307 g/mol. The van der Waals surface area contributed by atoms with Crippen molar-refractivity contribution in [3.8, 4) is 0 Å². The molecule has 1 aromatic carbocycles. The van der Waals surface area contributed by atoms with Crippen molar-refractivity contribution in [2.45, 2.75) is 11.4 Å². The molecule has 0 unspecified atom stereocenters. The van der Waals surface area contributed by atoms with E-state index < -0.39 is 10.0 Å². The van der Waals surface area contributed by atoms with Crippen LogP contribution in [-0.4, -0.2) is 22.5 Å². The summed E-state index contributed by atoms with van der Waals surface area (Å²) in [6, 6.07) is 11.3. The Labute approximate surface area is 124 Å². The van der Waals surface area contributed by atoms with Gasteiger partial charge in [0.15, 0.2) is 0 Å². The Morgan fingerprint density at radius 2 is 1.81 bits per heavy atom. The summed E-state index contributed by atoms with van der Waals surface area (Å²) in [5, 5.41) is 8.22. The molecule has 2 aromatic rings. The summed E-state index contributed by atoms with van der Waals surface area (Å²) in [6.45, 7) is 0.638. The Kier molecular flexibility index (Phi) is 4.44. The van der Waals surface area contributed by atoms with Crippen molar-refractivity contribution >= 4 is 21.5 Å². The number of hydrogen-bond acceptors (Lipinski definition) is 4. The summed E-state index contributed by atoms with van der Waals surface area (Å²) in [5.74, 6) is 0.721. The van der Waals surface area contributed by atoms with Crippen LogP contribution in [0.15, 0.2) is 47.5 Å². The number of anilines is 2. The summed E-state index contributed by atoms with van der Waals surface area (Å²) in [7, 11) is 0.327. The van der Waals surface area contributed by atoms with Gasteiger partial charge in [-0.1, -0.05) is 12.1 Å². The molecule has 0 aliphatic carbocycles. The van der Waals surface area contributed by atoms with Crippen molar-refractivity contribution in [3.63, 3.8) is 0 Å². The predicted octanol–water partition coefficient (Wildman–Crippen LogP) is 0.826. The summed E-state index contributed by atoms with van der Waals surface area (Å²) in [4.78, 5) is 4.96. The van der Waals surface area contributed by atoms with Crippen LogP contribution in [0.25, 0.3) is 0 Å². The first-order valence-corrected chi connectivity index (χ1v) is 7.95. The van der Waals surface area contributed by atoms with Gasteiger partial charge in [-0.25, -0.2) is 18.5 Å². The fraction of sp³-hybridized carbons (Fsp3) is 0.214. The molecule has 7 heteroatoms. The zero-order chi connectivity index (χ0) is 15.5. The minimum absolute atomic E-state index is 0.0587. The summed E-state index contributed by atoms with van der Waals surface area (Å²) in [6.07, 6.45) is 1.37. The van der Waals surface area contributed by atoms with Crippen molar-refractivity contribution in [3.05, 3.63) is 48.2 Å². The number of H-pyrrole nitrogens is 1. The number of rotatable bonds is 5. The first kappa shape index (κ1) is 15.3. The molecule has 2 rings (SSSR count). The van der Waals surface area contributed by atoms with Crippen LogP contribution in [0.4, 0.5) is 11.5 Å². The molecule has 112 valence electrons. The molecule has 6 nitrogen and oxygen atoms in total. The zero-order valence-corrected chi connectivity index (χ0v) is 12.8. The Bertz CT molecular complexity index is 695. The Hall–Kier alpha value is -2.12. The number of pyridine rings is 1. The van der Waals surface area contributed by atoms with Crippen LogP contribution in [0.5, 0.6) is 0 Å². The van der Waals surface area contributed by atoms with Gasteiger partial charge in [-0.3, -0.25) is 5.32 Å². The van der Waals surface area contributed by atoms with Crippen molar-refractivity contribution in [2.24, 2.45) is 5.14 Å². The minimum Gasteiger partial charge on any atom is -0.378 e. The molecule has 0 saturated heterocycles. The number of aromatic amines is 1. The Morgan fingerprint density at radius 3 is 2.29 bits per heavy atom. The van der Waals surface area contributed by atoms with Gasteiger partial charge in [0.25, 0.3) is 5.82 Å². The monoisotopic (exact) mass is 307 g/mol. The molecule has 0 bridgehead atoms. The SMILES string of the molecule is CN(C)c1ccc(CNc2ccc(S(N)(=O)=O)c[nH+]2)cc1. The van der Waals surface area contributed by atoms with E-state index in [1.54, 1.807) is 6.07 Å². The predicted molar refractivity (Wildman–Crippen MR) is 82.5 cm³/mol. The normalized spacial score (nSPS) is 11.2. The summed E-state index contributed by atoms with van der Waals surface area (Å²) < 4.78 is 22.3. The zero-order valence-electron chi connectivity index (χ0n) is 12.0. The van der Waals surface area contributed by atoms with Gasteiger partial charge in [-0.15, -0.1) is 0 Å². The molecule has 0 radical (unpaired) electrons. The van der Waals surface area contributed by atoms with E-state index in [1.807, 2.05) is 43.3 Å². The third-order valence-corrected chi connectivity index (χ3v) is 3.96. The number of primary sulfonamides is 1. The van der Waals surface area contributed by atoms with Gasteiger partial charge in [-0.2, -0.15) is 0 Å².